The van der Waals surface area contributed by atoms with E-state index in [0.717, 1.165) is 24.6 Å². The molecule has 0 aliphatic carbocycles. The predicted molar refractivity (Wildman–Crippen MR) is 96.1 cm³/mol. The number of aliphatic hydroxyl groups excluding tert-OH is 1. The molecule has 0 amide bonds. The number of nitrogens with zero attached hydrogens (tertiary/aromatic N) is 3. The third kappa shape index (κ3) is 3.37. The smallest absolute Gasteiger partial charge is 0.227 e. The third-order valence-corrected chi connectivity index (χ3v) is 5.37. The van der Waals surface area contributed by atoms with Crippen LogP contribution < -0.4 is 10.6 Å². The summed E-state index contributed by atoms with van der Waals surface area (Å²) in [6.07, 6.45) is 3.41. The summed E-state index contributed by atoms with van der Waals surface area (Å²) in [5.41, 5.74) is 6.31. The lowest BCUT2D eigenvalue weighted by Crippen LogP contribution is -2.51. The van der Waals surface area contributed by atoms with Gasteiger partial charge in [0.15, 0.2) is 11.6 Å². The minimum atomic E-state index is -0.605. The highest BCUT2D eigenvalue weighted by molar-refractivity contribution is 5.39. The quantitative estimate of drug-likeness (QED) is 0.858. The van der Waals surface area contributed by atoms with Crippen molar-refractivity contribution in [1.29, 1.82) is 0 Å². The van der Waals surface area contributed by atoms with Crippen molar-refractivity contribution in [2.45, 2.75) is 43.5 Å². The van der Waals surface area contributed by atoms with Gasteiger partial charge in [0.2, 0.25) is 5.95 Å². The SMILES string of the molecule is Nc1nc(N2CCC3(CC2)C[C@H](O)C[C@H](c2ccccc2)O3)ncc1F. The fraction of sp³-hybridized carbons (Fsp3) is 0.474. The molecule has 2 aliphatic heterocycles. The molecule has 138 valence electrons. The summed E-state index contributed by atoms with van der Waals surface area (Å²) in [4.78, 5) is 10.1. The standard InChI is InChI=1S/C19H23FN4O2/c20-15-12-22-18(23-17(15)21)24-8-6-19(7-9-24)11-14(25)10-16(26-19)13-4-2-1-3-5-13/h1-5,12,14,16,25H,6-11H2,(H2,21,22,23)/t14-,16-/m1/s1. The van der Waals surface area contributed by atoms with Gasteiger partial charge >= 0.3 is 0 Å². The summed E-state index contributed by atoms with van der Waals surface area (Å²) in [6.45, 7) is 1.36. The van der Waals surface area contributed by atoms with E-state index in [-0.39, 0.29) is 23.6 Å². The third-order valence-electron chi connectivity index (χ3n) is 5.37. The van der Waals surface area contributed by atoms with E-state index in [2.05, 4.69) is 9.97 Å². The summed E-state index contributed by atoms with van der Waals surface area (Å²) in [5.74, 6) is -0.301. The van der Waals surface area contributed by atoms with Crippen molar-refractivity contribution >= 4 is 11.8 Å². The maximum Gasteiger partial charge on any atom is 0.227 e. The zero-order chi connectivity index (χ0) is 18.1. The normalized spacial score (nSPS) is 25.4. The second-order valence-electron chi connectivity index (χ2n) is 7.18. The number of benzene rings is 1. The molecule has 3 N–H and O–H groups in total. The maximum absolute atomic E-state index is 13.3. The number of nitrogens with two attached hydrogens (primary N) is 1. The average Bonchev–Trinajstić information content (AvgIpc) is 2.65. The number of hydrogen-bond acceptors (Lipinski definition) is 6. The molecule has 1 spiro atoms. The van der Waals surface area contributed by atoms with Gasteiger partial charge in [0.25, 0.3) is 0 Å². The monoisotopic (exact) mass is 358 g/mol. The van der Waals surface area contributed by atoms with E-state index in [1.54, 1.807) is 0 Å². The van der Waals surface area contributed by atoms with Gasteiger partial charge in [-0.2, -0.15) is 4.98 Å². The van der Waals surface area contributed by atoms with Gasteiger partial charge in [-0.3, -0.25) is 0 Å². The van der Waals surface area contributed by atoms with Crippen LogP contribution in [-0.2, 0) is 4.74 Å². The molecule has 2 aromatic rings. The number of aliphatic hydroxyl groups is 1. The highest BCUT2D eigenvalue weighted by Crippen LogP contribution is 2.43. The molecule has 2 fully saturated rings. The first-order chi connectivity index (χ1) is 12.5. The van der Waals surface area contributed by atoms with Crippen LogP contribution in [0.4, 0.5) is 16.2 Å². The number of aromatic nitrogens is 2. The molecule has 4 rings (SSSR count). The van der Waals surface area contributed by atoms with Gasteiger partial charge in [0.1, 0.15) is 0 Å². The molecule has 2 atom stereocenters. The first kappa shape index (κ1) is 17.2. The number of ether oxygens (including phenoxy) is 1. The number of halogens is 1. The van der Waals surface area contributed by atoms with Crippen molar-refractivity contribution in [3.05, 3.63) is 47.9 Å². The molecule has 2 saturated heterocycles. The molecular weight excluding hydrogens is 335 g/mol. The molecule has 3 heterocycles. The van der Waals surface area contributed by atoms with Crippen LogP contribution in [0.5, 0.6) is 0 Å². The Hall–Kier alpha value is -2.25. The zero-order valence-electron chi connectivity index (χ0n) is 14.5. The Morgan fingerprint density at radius 3 is 2.65 bits per heavy atom. The molecule has 1 aromatic carbocycles. The van der Waals surface area contributed by atoms with Gasteiger partial charge in [-0.25, -0.2) is 9.37 Å². The van der Waals surface area contributed by atoms with Crippen LogP contribution in [0.2, 0.25) is 0 Å². The molecule has 0 radical (unpaired) electrons. The Bertz CT molecular complexity index is 765. The number of nitrogen functional groups attached to an aromatic ring is 1. The largest absolute Gasteiger partial charge is 0.393 e. The zero-order valence-corrected chi connectivity index (χ0v) is 14.5. The molecule has 2 aliphatic rings. The van der Waals surface area contributed by atoms with Gasteiger partial charge in [0, 0.05) is 25.9 Å². The molecule has 7 heteroatoms. The van der Waals surface area contributed by atoms with Crippen LogP contribution in [0.25, 0.3) is 0 Å². The molecule has 0 saturated carbocycles. The van der Waals surface area contributed by atoms with Crippen molar-refractivity contribution in [3.8, 4) is 0 Å². The van der Waals surface area contributed by atoms with Gasteiger partial charge in [-0.15, -0.1) is 0 Å². The van der Waals surface area contributed by atoms with E-state index < -0.39 is 5.82 Å². The molecule has 0 bridgehead atoms. The van der Waals surface area contributed by atoms with E-state index >= 15 is 0 Å². The van der Waals surface area contributed by atoms with Crippen LogP contribution in [0.1, 0.15) is 37.4 Å². The minimum absolute atomic E-state index is 0.0933. The van der Waals surface area contributed by atoms with E-state index in [1.165, 1.54) is 0 Å². The molecule has 26 heavy (non-hydrogen) atoms. The van der Waals surface area contributed by atoms with Crippen molar-refractivity contribution in [1.82, 2.24) is 9.97 Å². The molecule has 6 nitrogen and oxygen atoms in total. The molecule has 0 unspecified atom stereocenters. The summed E-state index contributed by atoms with van der Waals surface area (Å²) >= 11 is 0. The maximum atomic E-state index is 13.3. The van der Waals surface area contributed by atoms with Crippen molar-refractivity contribution in [2.24, 2.45) is 0 Å². The van der Waals surface area contributed by atoms with Crippen LogP contribution in [0.15, 0.2) is 36.5 Å². The highest BCUT2D eigenvalue weighted by Gasteiger charge is 2.44. The van der Waals surface area contributed by atoms with E-state index in [4.69, 9.17) is 10.5 Å². The summed E-state index contributed by atoms with van der Waals surface area (Å²) < 4.78 is 19.8. The van der Waals surface area contributed by atoms with Crippen LogP contribution >= 0.6 is 0 Å². The summed E-state index contributed by atoms with van der Waals surface area (Å²) in [7, 11) is 0. The van der Waals surface area contributed by atoms with Crippen molar-refractivity contribution < 1.29 is 14.2 Å². The number of piperidine rings is 1. The summed E-state index contributed by atoms with van der Waals surface area (Å²) in [6, 6.07) is 10.0. The summed E-state index contributed by atoms with van der Waals surface area (Å²) in [5, 5.41) is 10.4. The molecular formula is C19H23FN4O2. The Morgan fingerprint density at radius 1 is 1.23 bits per heavy atom. The Labute approximate surface area is 151 Å². The number of anilines is 2. The van der Waals surface area contributed by atoms with E-state index in [0.29, 0.717) is 31.9 Å². The van der Waals surface area contributed by atoms with Gasteiger partial charge in [0.05, 0.1) is 24.0 Å². The second kappa shape index (κ2) is 6.81. The van der Waals surface area contributed by atoms with E-state index in [9.17, 15) is 9.50 Å². The lowest BCUT2D eigenvalue weighted by molar-refractivity contribution is -0.173. The average molecular weight is 358 g/mol. The lowest BCUT2D eigenvalue weighted by Gasteiger charge is -2.48. The first-order valence-electron chi connectivity index (χ1n) is 8.98. The van der Waals surface area contributed by atoms with Crippen molar-refractivity contribution in [2.75, 3.05) is 23.7 Å². The Kier molecular flexibility index (Phi) is 4.50. The first-order valence-corrected chi connectivity index (χ1v) is 8.98. The number of hydrogen-bond donors (Lipinski definition) is 2. The predicted octanol–water partition coefficient (Wildman–Crippen LogP) is 2.45. The fourth-order valence-corrected chi connectivity index (χ4v) is 3.99. The van der Waals surface area contributed by atoms with Gasteiger partial charge in [-0.1, -0.05) is 30.3 Å². The topological polar surface area (TPSA) is 84.5 Å². The number of rotatable bonds is 2. The Balaban J connectivity index is 1.47. The van der Waals surface area contributed by atoms with E-state index in [1.807, 2.05) is 35.2 Å². The lowest BCUT2D eigenvalue weighted by atomic mass is 9.81. The fourth-order valence-electron chi connectivity index (χ4n) is 3.99. The van der Waals surface area contributed by atoms with Crippen molar-refractivity contribution in [3.63, 3.8) is 0 Å². The van der Waals surface area contributed by atoms with Crippen LogP contribution in [-0.4, -0.2) is 39.9 Å². The van der Waals surface area contributed by atoms with Crippen LogP contribution in [0, 0.1) is 5.82 Å². The molecule has 1 aromatic heterocycles. The highest BCUT2D eigenvalue weighted by atomic mass is 19.1. The van der Waals surface area contributed by atoms with Gasteiger partial charge < -0.3 is 20.5 Å². The Morgan fingerprint density at radius 2 is 1.96 bits per heavy atom. The minimum Gasteiger partial charge on any atom is -0.393 e. The second-order valence-corrected chi connectivity index (χ2v) is 7.18. The van der Waals surface area contributed by atoms with Gasteiger partial charge in [-0.05, 0) is 18.4 Å². The van der Waals surface area contributed by atoms with Crippen LogP contribution in [0.3, 0.4) is 0 Å².